The fraction of sp³-hybridized carbons (Fsp3) is 0.381. The van der Waals surface area contributed by atoms with Crippen LogP contribution in [0.2, 0.25) is 0 Å². The third-order valence-electron chi connectivity index (χ3n) is 4.55. The van der Waals surface area contributed by atoms with Gasteiger partial charge in [0.25, 0.3) is 0 Å². The van der Waals surface area contributed by atoms with Gasteiger partial charge >= 0.3 is 0 Å². The van der Waals surface area contributed by atoms with Gasteiger partial charge in [-0.3, -0.25) is 9.10 Å². The van der Waals surface area contributed by atoms with E-state index in [0.29, 0.717) is 23.1 Å². The Bertz CT molecular complexity index is 1010. The second-order valence-corrected chi connectivity index (χ2v) is 9.10. The summed E-state index contributed by atoms with van der Waals surface area (Å²) in [5.74, 6) is 1.65. The lowest BCUT2D eigenvalue weighted by Gasteiger charge is -2.22. The van der Waals surface area contributed by atoms with E-state index in [1.165, 1.54) is 0 Å². The maximum Gasteiger partial charge on any atom is 0.240 e. The maximum absolute atomic E-state index is 12.4. The summed E-state index contributed by atoms with van der Waals surface area (Å²) in [7, 11) is -3.67. The van der Waals surface area contributed by atoms with Crippen LogP contribution in [-0.2, 0) is 14.8 Å². The Morgan fingerprint density at radius 2 is 1.90 bits per heavy atom. The van der Waals surface area contributed by atoms with E-state index in [-0.39, 0.29) is 26.5 Å². The van der Waals surface area contributed by atoms with Crippen molar-refractivity contribution in [1.82, 2.24) is 5.32 Å². The standard InChI is InChI=1S/C21H26N2O6S/c1-15(2)17-6-4-5-7-18(17)27-11-10-22-21(24)13-23(30(3,25)26)16-8-9-19-20(12-16)29-14-28-19/h4-9,12,15H,10-11,13-14H2,1-3H3,(H,22,24). The number of amides is 1. The molecule has 162 valence electrons. The van der Waals surface area contributed by atoms with Gasteiger partial charge in [-0.15, -0.1) is 0 Å². The van der Waals surface area contributed by atoms with Crippen molar-refractivity contribution < 1.29 is 27.4 Å². The number of fused-ring (bicyclic) bond motifs is 1. The first kappa shape index (κ1) is 21.8. The second-order valence-electron chi connectivity index (χ2n) is 7.20. The zero-order valence-corrected chi connectivity index (χ0v) is 18.1. The molecule has 30 heavy (non-hydrogen) atoms. The molecule has 1 N–H and O–H groups in total. The number of para-hydroxylation sites is 1. The number of hydrogen-bond donors (Lipinski definition) is 1. The lowest BCUT2D eigenvalue weighted by atomic mass is 10.0. The molecular formula is C21H26N2O6S. The first-order valence-corrected chi connectivity index (χ1v) is 11.5. The average molecular weight is 435 g/mol. The molecule has 1 aliphatic rings. The molecule has 1 heterocycles. The molecule has 3 rings (SSSR count). The summed E-state index contributed by atoms with van der Waals surface area (Å²) in [6, 6.07) is 12.5. The first-order chi connectivity index (χ1) is 14.3. The summed E-state index contributed by atoms with van der Waals surface area (Å²) in [6.07, 6.45) is 1.05. The smallest absolute Gasteiger partial charge is 0.240 e. The minimum absolute atomic E-state index is 0.0814. The van der Waals surface area contributed by atoms with Crippen LogP contribution < -0.4 is 23.8 Å². The molecule has 0 spiro atoms. The third kappa shape index (κ3) is 5.35. The van der Waals surface area contributed by atoms with E-state index in [4.69, 9.17) is 14.2 Å². The number of hydrogen-bond acceptors (Lipinski definition) is 6. The van der Waals surface area contributed by atoms with E-state index in [0.717, 1.165) is 21.9 Å². The number of nitrogens with zero attached hydrogens (tertiary/aromatic N) is 1. The molecule has 1 amide bonds. The summed E-state index contributed by atoms with van der Waals surface area (Å²) < 4.78 is 41.8. The van der Waals surface area contributed by atoms with Gasteiger partial charge in [0.05, 0.1) is 18.5 Å². The molecule has 0 saturated carbocycles. The van der Waals surface area contributed by atoms with Gasteiger partial charge in [-0.2, -0.15) is 0 Å². The van der Waals surface area contributed by atoms with Crippen molar-refractivity contribution >= 4 is 21.6 Å². The molecule has 9 heteroatoms. The van der Waals surface area contributed by atoms with Crippen molar-refractivity contribution in [1.29, 1.82) is 0 Å². The zero-order chi connectivity index (χ0) is 21.7. The number of benzene rings is 2. The summed E-state index contributed by atoms with van der Waals surface area (Å²) in [5.41, 5.74) is 1.42. The van der Waals surface area contributed by atoms with Crippen LogP contribution in [0.25, 0.3) is 0 Å². The summed E-state index contributed by atoms with van der Waals surface area (Å²) in [5, 5.41) is 2.70. The number of carbonyl (C=O) groups is 1. The first-order valence-electron chi connectivity index (χ1n) is 9.61. The molecule has 8 nitrogen and oxygen atoms in total. The predicted molar refractivity (Wildman–Crippen MR) is 114 cm³/mol. The monoisotopic (exact) mass is 434 g/mol. The Hall–Kier alpha value is -2.94. The number of nitrogens with one attached hydrogen (secondary N) is 1. The molecule has 0 fully saturated rings. The topological polar surface area (TPSA) is 94.2 Å². The number of rotatable bonds is 9. The van der Waals surface area contributed by atoms with Gasteiger partial charge in [-0.25, -0.2) is 8.42 Å². The van der Waals surface area contributed by atoms with Crippen molar-refractivity contribution in [2.24, 2.45) is 0 Å². The fourth-order valence-electron chi connectivity index (χ4n) is 3.07. The van der Waals surface area contributed by atoms with Gasteiger partial charge in [0.1, 0.15) is 18.9 Å². The molecule has 0 atom stereocenters. The molecule has 0 radical (unpaired) electrons. The third-order valence-corrected chi connectivity index (χ3v) is 5.70. The minimum Gasteiger partial charge on any atom is -0.491 e. The highest BCUT2D eigenvalue weighted by Crippen LogP contribution is 2.36. The van der Waals surface area contributed by atoms with Gasteiger partial charge < -0.3 is 19.5 Å². The van der Waals surface area contributed by atoms with Crippen molar-refractivity contribution in [2.45, 2.75) is 19.8 Å². The van der Waals surface area contributed by atoms with Crippen LogP contribution >= 0.6 is 0 Å². The van der Waals surface area contributed by atoms with Crippen LogP contribution in [-0.4, -0.2) is 47.1 Å². The number of sulfonamides is 1. The Morgan fingerprint density at radius 1 is 1.17 bits per heavy atom. The molecule has 0 aliphatic carbocycles. The van der Waals surface area contributed by atoms with Crippen molar-refractivity contribution in [3.8, 4) is 17.2 Å². The lowest BCUT2D eigenvalue weighted by Crippen LogP contribution is -2.41. The van der Waals surface area contributed by atoms with E-state index in [9.17, 15) is 13.2 Å². The molecule has 0 bridgehead atoms. The molecule has 1 aliphatic heterocycles. The van der Waals surface area contributed by atoms with Gasteiger partial charge in [-0.1, -0.05) is 32.0 Å². The van der Waals surface area contributed by atoms with E-state index in [1.54, 1.807) is 18.2 Å². The lowest BCUT2D eigenvalue weighted by molar-refractivity contribution is -0.119. The average Bonchev–Trinajstić information content (AvgIpc) is 3.16. The van der Waals surface area contributed by atoms with Gasteiger partial charge in [0.2, 0.25) is 22.7 Å². The van der Waals surface area contributed by atoms with Crippen LogP contribution in [0.15, 0.2) is 42.5 Å². The molecular weight excluding hydrogens is 408 g/mol. The Labute approximate surface area is 176 Å². The molecule has 0 aromatic heterocycles. The SMILES string of the molecule is CC(C)c1ccccc1OCCNC(=O)CN(c1ccc2c(c1)OCO2)S(C)(=O)=O. The maximum atomic E-state index is 12.4. The number of anilines is 1. The van der Waals surface area contributed by atoms with E-state index in [1.807, 2.05) is 24.3 Å². The minimum atomic E-state index is -3.67. The largest absolute Gasteiger partial charge is 0.491 e. The fourth-order valence-corrected chi connectivity index (χ4v) is 3.92. The van der Waals surface area contributed by atoms with Crippen LogP contribution in [0.1, 0.15) is 25.3 Å². The van der Waals surface area contributed by atoms with Crippen molar-refractivity contribution in [2.75, 3.05) is 37.1 Å². The Morgan fingerprint density at radius 3 is 2.63 bits per heavy atom. The van der Waals surface area contributed by atoms with E-state index in [2.05, 4.69) is 19.2 Å². The van der Waals surface area contributed by atoms with Crippen LogP contribution in [0.4, 0.5) is 5.69 Å². The van der Waals surface area contributed by atoms with Crippen LogP contribution in [0.3, 0.4) is 0 Å². The quantitative estimate of drug-likeness (QED) is 0.610. The van der Waals surface area contributed by atoms with Crippen molar-refractivity contribution in [3.63, 3.8) is 0 Å². The van der Waals surface area contributed by atoms with Crippen LogP contribution in [0, 0.1) is 0 Å². The highest BCUT2D eigenvalue weighted by molar-refractivity contribution is 7.92. The van der Waals surface area contributed by atoms with Gasteiger partial charge in [0.15, 0.2) is 11.5 Å². The van der Waals surface area contributed by atoms with Gasteiger partial charge in [-0.05, 0) is 29.7 Å². The number of carbonyl (C=O) groups excluding carboxylic acids is 1. The summed E-state index contributed by atoms with van der Waals surface area (Å²) >= 11 is 0. The normalized spacial score (nSPS) is 12.7. The molecule has 2 aromatic carbocycles. The van der Waals surface area contributed by atoms with E-state index >= 15 is 0 Å². The highest BCUT2D eigenvalue weighted by atomic mass is 32.2. The zero-order valence-electron chi connectivity index (χ0n) is 17.3. The molecule has 0 unspecified atom stereocenters. The van der Waals surface area contributed by atoms with Crippen LogP contribution in [0.5, 0.6) is 17.2 Å². The highest BCUT2D eigenvalue weighted by Gasteiger charge is 2.23. The summed E-state index contributed by atoms with van der Waals surface area (Å²) in [6.45, 7) is 4.43. The molecule has 0 saturated heterocycles. The Balaban J connectivity index is 1.57. The van der Waals surface area contributed by atoms with E-state index < -0.39 is 15.9 Å². The van der Waals surface area contributed by atoms with Gasteiger partial charge in [0, 0.05) is 6.07 Å². The summed E-state index contributed by atoms with van der Waals surface area (Å²) in [4.78, 5) is 12.4. The van der Waals surface area contributed by atoms with Crippen molar-refractivity contribution in [3.05, 3.63) is 48.0 Å². The molecule has 2 aromatic rings. The second kappa shape index (κ2) is 9.25. The number of ether oxygens (including phenoxy) is 3. The Kier molecular flexibility index (Phi) is 6.71. The predicted octanol–water partition coefficient (Wildman–Crippen LogP) is 2.50.